The molecule has 0 aliphatic carbocycles. The van der Waals surface area contributed by atoms with Gasteiger partial charge in [0.25, 0.3) is 0 Å². The summed E-state index contributed by atoms with van der Waals surface area (Å²) in [6.07, 6.45) is 0. The van der Waals surface area contributed by atoms with E-state index < -0.39 is 5.97 Å². The zero-order valence-corrected chi connectivity index (χ0v) is 10.1. The number of benzene rings is 1. The lowest BCUT2D eigenvalue weighted by Gasteiger charge is -2.06. The molecule has 0 atom stereocenters. The Morgan fingerprint density at radius 1 is 1.44 bits per heavy atom. The second-order valence-electron chi connectivity index (χ2n) is 3.80. The van der Waals surface area contributed by atoms with Crippen LogP contribution in [0, 0.1) is 13.8 Å². The van der Waals surface area contributed by atoms with Gasteiger partial charge in [-0.05, 0) is 26.0 Å². The van der Waals surface area contributed by atoms with Gasteiger partial charge in [0.15, 0.2) is 6.61 Å². The predicted molar refractivity (Wildman–Crippen MR) is 64.0 cm³/mol. The van der Waals surface area contributed by atoms with Crippen molar-refractivity contribution in [3.05, 3.63) is 35.9 Å². The van der Waals surface area contributed by atoms with E-state index in [-0.39, 0.29) is 6.61 Å². The van der Waals surface area contributed by atoms with Gasteiger partial charge in [-0.3, -0.25) is 0 Å². The fraction of sp³-hybridized carbons (Fsp3) is 0.250. The minimum atomic E-state index is -1.01. The summed E-state index contributed by atoms with van der Waals surface area (Å²) in [7, 11) is 0. The molecule has 18 heavy (non-hydrogen) atoms. The maximum absolute atomic E-state index is 10.4. The van der Waals surface area contributed by atoms with Crippen LogP contribution in [0.15, 0.2) is 24.3 Å². The Bertz CT molecular complexity index is 578. The molecular weight excluding hydrogens is 234 g/mol. The summed E-state index contributed by atoms with van der Waals surface area (Å²) < 4.78 is 6.80. The number of carboxylic acids is 1. The highest BCUT2D eigenvalue weighted by Gasteiger charge is 2.06. The van der Waals surface area contributed by atoms with E-state index >= 15 is 0 Å². The SMILES string of the molecule is Cc1nc(C)n(-c2cccc(OCC(=O)O)c2)n1. The zero-order valence-electron chi connectivity index (χ0n) is 10.1. The Morgan fingerprint density at radius 2 is 2.22 bits per heavy atom. The van der Waals surface area contributed by atoms with Crippen molar-refractivity contribution in [2.45, 2.75) is 13.8 Å². The lowest BCUT2D eigenvalue weighted by Crippen LogP contribution is -2.09. The second kappa shape index (κ2) is 4.87. The number of carbonyl (C=O) groups is 1. The molecule has 2 rings (SSSR count). The zero-order chi connectivity index (χ0) is 13.1. The van der Waals surface area contributed by atoms with Gasteiger partial charge in [-0.25, -0.2) is 14.5 Å². The van der Waals surface area contributed by atoms with E-state index in [9.17, 15) is 4.79 Å². The van der Waals surface area contributed by atoms with Crippen molar-refractivity contribution < 1.29 is 14.6 Å². The van der Waals surface area contributed by atoms with Crippen molar-refractivity contribution in [2.75, 3.05) is 6.61 Å². The first kappa shape index (κ1) is 12.1. The largest absolute Gasteiger partial charge is 0.482 e. The third kappa shape index (κ3) is 2.65. The first-order valence-corrected chi connectivity index (χ1v) is 5.41. The summed E-state index contributed by atoms with van der Waals surface area (Å²) in [4.78, 5) is 14.6. The topological polar surface area (TPSA) is 77.2 Å². The number of carboxylic acid groups (broad SMARTS) is 1. The van der Waals surface area contributed by atoms with Crippen LogP contribution in [0.3, 0.4) is 0 Å². The molecule has 0 spiro atoms. The number of ether oxygens (including phenoxy) is 1. The Kier molecular flexibility index (Phi) is 3.27. The smallest absolute Gasteiger partial charge is 0.341 e. The van der Waals surface area contributed by atoms with E-state index in [0.717, 1.165) is 11.5 Å². The highest BCUT2D eigenvalue weighted by molar-refractivity contribution is 5.68. The predicted octanol–water partition coefficient (Wildman–Crippen LogP) is 1.35. The van der Waals surface area contributed by atoms with Gasteiger partial charge in [-0.15, -0.1) is 0 Å². The van der Waals surface area contributed by atoms with Crippen LogP contribution >= 0.6 is 0 Å². The number of aromatic nitrogens is 3. The van der Waals surface area contributed by atoms with Crippen molar-refractivity contribution in [3.8, 4) is 11.4 Å². The number of hydrogen-bond donors (Lipinski definition) is 1. The second-order valence-corrected chi connectivity index (χ2v) is 3.80. The first-order chi connectivity index (χ1) is 8.56. The Hall–Kier alpha value is -2.37. The minimum absolute atomic E-state index is 0.362. The highest BCUT2D eigenvalue weighted by atomic mass is 16.5. The molecule has 0 aliphatic rings. The maximum atomic E-state index is 10.4. The molecule has 0 saturated carbocycles. The number of aliphatic carboxylic acids is 1. The quantitative estimate of drug-likeness (QED) is 0.882. The number of rotatable bonds is 4. The summed E-state index contributed by atoms with van der Waals surface area (Å²) in [6.45, 7) is 3.30. The van der Waals surface area contributed by atoms with E-state index in [1.54, 1.807) is 22.9 Å². The normalized spacial score (nSPS) is 10.3. The van der Waals surface area contributed by atoms with Gasteiger partial charge in [-0.1, -0.05) is 6.07 Å². The maximum Gasteiger partial charge on any atom is 0.341 e. The van der Waals surface area contributed by atoms with Gasteiger partial charge < -0.3 is 9.84 Å². The van der Waals surface area contributed by atoms with Crippen molar-refractivity contribution in [1.82, 2.24) is 14.8 Å². The lowest BCUT2D eigenvalue weighted by atomic mass is 10.3. The highest BCUT2D eigenvalue weighted by Crippen LogP contribution is 2.17. The van der Waals surface area contributed by atoms with Gasteiger partial charge in [-0.2, -0.15) is 5.10 Å². The molecular formula is C12H13N3O3. The van der Waals surface area contributed by atoms with Crippen LogP contribution in [0.5, 0.6) is 5.75 Å². The van der Waals surface area contributed by atoms with Gasteiger partial charge in [0.2, 0.25) is 0 Å². The molecule has 1 aromatic heterocycles. The molecule has 0 unspecified atom stereocenters. The molecule has 0 amide bonds. The molecule has 6 heteroatoms. The average molecular weight is 247 g/mol. The van der Waals surface area contributed by atoms with Crippen LogP contribution in [0.2, 0.25) is 0 Å². The molecule has 1 N–H and O–H groups in total. The van der Waals surface area contributed by atoms with E-state index in [2.05, 4.69) is 10.1 Å². The standard InChI is InChI=1S/C12H13N3O3/c1-8-13-9(2)15(14-8)10-4-3-5-11(6-10)18-7-12(16)17/h3-6H,7H2,1-2H3,(H,16,17). The monoisotopic (exact) mass is 247 g/mol. The Morgan fingerprint density at radius 3 is 2.83 bits per heavy atom. The van der Waals surface area contributed by atoms with Crippen LogP contribution in [0.1, 0.15) is 11.6 Å². The molecule has 1 aromatic carbocycles. The summed E-state index contributed by atoms with van der Waals surface area (Å²) in [5, 5.41) is 12.8. The molecule has 94 valence electrons. The minimum Gasteiger partial charge on any atom is -0.482 e. The van der Waals surface area contributed by atoms with Crippen LogP contribution in [-0.4, -0.2) is 32.4 Å². The van der Waals surface area contributed by atoms with Gasteiger partial charge in [0.05, 0.1) is 5.69 Å². The van der Waals surface area contributed by atoms with Crippen molar-refractivity contribution in [3.63, 3.8) is 0 Å². The van der Waals surface area contributed by atoms with E-state index in [1.807, 2.05) is 19.9 Å². The van der Waals surface area contributed by atoms with E-state index in [1.165, 1.54) is 0 Å². The van der Waals surface area contributed by atoms with E-state index in [0.29, 0.717) is 11.6 Å². The third-order valence-corrected chi connectivity index (χ3v) is 2.30. The van der Waals surface area contributed by atoms with Gasteiger partial charge >= 0.3 is 5.97 Å². The third-order valence-electron chi connectivity index (χ3n) is 2.30. The summed E-state index contributed by atoms with van der Waals surface area (Å²) in [6, 6.07) is 7.06. The summed E-state index contributed by atoms with van der Waals surface area (Å²) in [5.74, 6) is 0.933. The molecule has 0 saturated heterocycles. The Labute approximate surface area is 104 Å². The van der Waals surface area contributed by atoms with Crippen molar-refractivity contribution in [1.29, 1.82) is 0 Å². The number of aryl methyl sites for hydroxylation is 2. The Balaban J connectivity index is 2.27. The van der Waals surface area contributed by atoms with Crippen LogP contribution in [0.4, 0.5) is 0 Å². The molecule has 2 aromatic rings. The van der Waals surface area contributed by atoms with E-state index in [4.69, 9.17) is 9.84 Å². The average Bonchev–Trinajstić information content (AvgIpc) is 2.66. The van der Waals surface area contributed by atoms with Gasteiger partial charge in [0.1, 0.15) is 17.4 Å². The van der Waals surface area contributed by atoms with Gasteiger partial charge in [0, 0.05) is 6.07 Å². The molecule has 0 fully saturated rings. The lowest BCUT2D eigenvalue weighted by molar-refractivity contribution is -0.139. The molecule has 6 nitrogen and oxygen atoms in total. The van der Waals surface area contributed by atoms with Crippen molar-refractivity contribution in [2.24, 2.45) is 0 Å². The van der Waals surface area contributed by atoms with Crippen LogP contribution in [-0.2, 0) is 4.79 Å². The summed E-state index contributed by atoms with van der Waals surface area (Å²) in [5.41, 5.74) is 0.788. The summed E-state index contributed by atoms with van der Waals surface area (Å²) >= 11 is 0. The molecule has 0 radical (unpaired) electrons. The number of hydrogen-bond acceptors (Lipinski definition) is 4. The van der Waals surface area contributed by atoms with Crippen LogP contribution < -0.4 is 4.74 Å². The van der Waals surface area contributed by atoms with Crippen molar-refractivity contribution >= 4 is 5.97 Å². The molecule has 1 heterocycles. The van der Waals surface area contributed by atoms with Crippen LogP contribution in [0.25, 0.3) is 5.69 Å². The fourth-order valence-corrected chi connectivity index (χ4v) is 1.62. The molecule has 0 aliphatic heterocycles. The fourth-order valence-electron chi connectivity index (χ4n) is 1.62. The first-order valence-electron chi connectivity index (χ1n) is 5.41. The molecule has 0 bridgehead atoms. The number of nitrogens with zero attached hydrogens (tertiary/aromatic N) is 3.